The van der Waals surface area contributed by atoms with Crippen molar-refractivity contribution in [2.45, 2.75) is 20.3 Å². The first-order chi connectivity index (χ1) is 13.9. The van der Waals surface area contributed by atoms with Gasteiger partial charge in [-0.2, -0.15) is 0 Å². The highest BCUT2D eigenvalue weighted by molar-refractivity contribution is 6.50. The fourth-order valence-corrected chi connectivity index (χ4v) is 2.67. The van der Waals surface area contributed by atoms with Crippen molar-refractivity contribution in [2.75, 3.05) is 6.61 Å². The number of rotatable bonds is 8. The fourth-order valence-electron chi connectivity index (χ4n) is 2.47. The first kappa shape index (κ1) is 20.5. The van der Waals surface area contributed by atoms with Gasteiger partial charge < -0.3 is 9.15 Å². The summed E-state index contributed by atoms with van der Waals surface area (Å²) >= 11 is 6.31. The second kappa shape index (κ2) is 9.34. The predicted octanol–water partition coefficient (Wildman–Crippen LogP) is 5.81. The Balaban J connectivity index is 1.71. The van der Waals surface area contributed by atoms with E-state index in [0.717, 1.165) is 17.7 Å². The Bertz CT molecular complexity index is 1010. The Labute approximate surface area is 173 Å². The van der Waals surface area contributed by atoms with Gasteiger partial charge in [-0.3, -0.25) is 10.1 Å². The number of nitro benzene ring substituents is 1. The highest BCUT2D eigenvalue weighted by Crippen LogP contribution is 2.27. The predicted molar refractivity (Wildman–Crippen MR) is 112 cm³/mol. The maximum absolute atomic E-state index is 10.9. The molecule has 0 aliphatic carbocycles. The molecule has 0 radical (unpaired) electrons. The van der Waals surface area contributed by atoms with Crippen molar-refractivity contribution in [3.05, 3.63) is 70.1 Å². The van der Waals surface area contributed by atoms with E-state index in [1.54, 1.807) is 18.2 Å². The molecule has 1 heterocycles. The van der Waals surface area contributed by atoms with Crippen LogP contribution in [-0.4, -0.2) is 21.7 Å². The van der Waals surface area contributed by atoms with Crippen molar-refractivity contribution in [1.29, 1.82) is 0 Å². The summed E-state index contributed by atoms with van der Waals surface area (Å²) in [5.41, 5.74) is 1.24. The first-order valence-electron chi connectivity index (χ1n) is 9.11. The second-order valence-corrected chi connectivity index (χ2v) is 7.22. The molecule has 8 heteroatoms. The number of aromatic nitrogens is 2. The number of halogens is 1. The van der Waals surface area contributed by atoms with Gasteiger partial charge in [-0.15, -0.1) is 10.2 Å². The molecule has 29 heavy (non-hydrogen) atoms. The molecule has 3 aromatic rings. The normalized spacial score (nSPS) is 11.7. The summed E-state index contributed by atoms with van der Waals surface area (Å²) in [6, 6.07) is 13.5. The van der Waals surface area contributed by atoms with Crippen molar-refractivity contribution in [1.82, 2.24) is 10.2 Å². The molecule has 0 N–H and O–H groups in total. The molecule has 0 spiro atoms. The number of hydrogen-bond acceptors (Lipinski definition) is 6. The monoisotopic (exact) mass is 413 g/mol. The number of benzene rings is 2. The lowest BCUT2D eigenvalue weighted by Crippen LogP contribution is -2.01. The summed E-state index contributed by atoms with van der Waals surface area (Å²) in [5.74, 6) is 1.68. The van der Waals surface area contributed by atoms with Gasteiger partial charge in [0.1, 0.15) is 10.8 Å². The highest BCUT2D eigenvalue weighted by Gasteiger charge is 2.14. The van der Waals surface area contributed by atoms with Crippen LogP contribution in [-0.2, 0) is 0 Å². The summed E-state index contributed by atoms with van der Waals surface area (Å²) in [4.78, 5) is 10.4. The molecule has 0 amide bonds. The third kappa shape index (κ3) is 5.65. The van der Waals surface area contributed by atoms with Crippen LogP contribution in [0.25, 0.3) is 22.6 Å². The molecule has 0 atom stereocenters. The van der Waals surface area contributed by atoms with Crippen LogP contribution in [0, 0.1) is 16.0 Å². The molecule has 0 saturated carbocycles. The lowest BCUT2D eigenvalue weighted by Gasteiger charge is -2.08. The summed E-state index contributed by atoms with van der Waals surface area (Å²) in [6.07, 6.45) is 2.70. The maximum atomic E-state index is 10.9. The number of nitro groups is 1. The standard InChI is InChI=1S/C21H20ClN3O4/c1-14(2)10-11-28-18-8-6-15(7-9-18)12-19(22)21-24-23-20(29-21)16-4-3-5-17(13-16)25(26)27/h3-9,12-14H,10-11H2,1-2H3/b19-12-. The van der Waals surface area contributed by atoms with Gasteiger partial charge >= 0.3 is 0 Å². The Kier molecular flexibility index (Phi) is 6.61. The third-order valence-corrected chi connectivity index (χ3v) is 4.34. The van der Waals surface area contributed by atoms with Gasteiger partial charge in [-0.1, -0.05) is 43.6 Å². The van der Waals surface area contributed by atoms with E-state index in [-0.39, 0.29) is 22.5 Å². The van der Waals surface area contributed by atoms with Gasteiger partial charge in [0, 0.05) is 17.7 Å². The van der Waals surface area contributed by atoms with Crippen LogP contribution < -0.4 is 4.74 Å². The first-order valence-corrected chi connectivity index (χ1v) is 9.49. The highest BCUT2D eigenvalue weighted by atomic mass is 35.5. The van der Waals surface area contributed by atoms with Crippen LogP contribution in [0.1, 0.15) is 31.7 Å². The van der Waals surface area contributed by atoms with E-state index in [0.29, 0.717) is 18.1 Å². The van der Waals surface area contributed by atoms with Crippen LogP contribution >= 0.6 is 11.6 Å². The molecule has 0 fully saturated rings. The minimum atomic E-state index is -0.482. The zero-order valence-corrected chi connectivity index (χ0v) is 16.8. The molecule has 0 unspecified atom stereocenters. The smallest absolute Gasteiger partial charge is 0.270 e. The van der Waals surface area contributed by atoms with E-state index in [2.05, 4.69) is 24.0 Å². The van der Waals surface area contributed by atoms with E-state index in [9.17, 15) is 10.1 Å². The zero-order valence-electron chi connectivity index (χ0n) is 16.0. The van der Waals surface area contributed by atoms with E-state index >= 15 is 0 Å². The minimum absolute atomic E-state index is 0.0559. The maximum Gasteiger partial charge on any atom is 0.270 e. The molecule has 0 bridgehead atoms. The Morgan fingerprint density at radius 3 is 2.69 bits per heavy atom. The van der Waals surface area contributed by atoms with Crippen molar-refractivity contribution >= 4 is 28.4 Å². The quantitative estimate of drug-likeness (QED) is 0.342. The van der Waals surface area contributed by atoms with Crippen LogP contribution in [0.2, 0.25) is 0 Å². The van der Waals surface area contributed by atoms with E-state index < -0.39 is 4.92 Å². The summed E-state index contributed by atoms with van der Waals surface area (Å²) in [7, 11) is 0. The Hall–Kier alpha value is -3.19. The van der Waals surface area contributed by atoms with Gasteiger partial charge in [0.05, 0.1) is 11.5 Å². The lowest BCUT2D eigenvalue weighted by molar-refractivity contribution is -0.384. The molecule has 0 saturated heterocycles. The summed E-state index contributed by atoms with van der Waals surface area (Å²) < 4.78 is 11.3. The van der Waals surface area contributed by atoms with Crippen LogP contribution in [0.5, 0.6) is 5.75 Å². The molecular weight excluding hydrogens is 394 g/mol. The van der Waals surface area contributed by atoms with Crippen LogP contribution in [0.4, 0.5) is 5.69 Å². The van der Waals surface area contributed by atoms with Gasteiger partial charge in [-0.05, 0) is 42.2 Å². The second-order valence-electron chi connectivity index (χ2n) is 6.81. The topological polar surface area (TPSA) is 91.3 Å². The number of hydrogen-bond donors (Lipinski definition) is 0. The Morgan fingerprint density at radius 1 is 1.24 bits per heavy atom. The van der Waals surface area contributed by atoms with Gasteiger partial charge in [0.2, 0.25) is 5.89 Å². The van der Waals surface area contributed by atoms with Crippen molar-refractivity contribution in [2.24, 2.45) is 5.92 Å². The van der Waals surface area contributed by atoms with Crippen molar-refractivity contribution in [3.63, 3.8) is 0 Å². The van der Waals surface area contributed by atoms with Gasteiger partial charge in [0.25, 0.3) is 11.6 Å². The molecule has 150 valence electrons. The van der Waals surface area contributed by atoms with E-state index in [1.807, 2.05) is 24.3 Å². The minimum Gasteiger partial charge on any atom is -0.494 e. The molecule has 0 aliphatic heterocycles. The SMILES string of the molecule is CC(C)CCOc1ccc(/C=C(\Cl)c2nnc(-c3cccc([N+](=O)[O-])c3)o2)cc1. The fraction of sp³-hybridized carbons (Fsp3) is 0.238. The molecule has 2 aromatic carbocycles. The number of nitrogens with zero attached hydrogens (tertiary/aromatic N) is 3. The van der Waals surface area contributed by atoms with Crippen LogP contribution in [0.3, 0.4) is 0 Å². The van der Waals surface area contributed by atoms with Crippen molar-refractivity contribution < 1.29 is 14.1 Å². The Morgan fingerprint density at radius 2 is 2.00 bits per heavy atom. The lowest BCUT2D eigenvalue weighted by atomic mass is 10.1. The van der Waals surface area contributed by atoms with E-state index in [1.165, 1.54) is 12.1 Å². The van der Waals surface area contributed by atoms with E-state index in [4.69, 9.17) is 20.8 Å². The van der Waals surface area contributed by atoms with Crippen molar-refractivity contribution in [3.8, 4) is 17.2 Å². The summed E-state index contributed by atoms with van der Waals surface area (Å²) in [6.45, 7) is 4.98. The number of ether oxygens (including phenoxy) is 1. The average Bonchev–Trinajstić information content (AvgIpc) is 3.19. The largest absolute Gasteiger partial charge is 0.494 e. The molecular formula is C21H20ClN3O4. The molecule has 0 aliphatic rings. The molecule has 3 rings (SSSR count). The zero-order chi connectivity index (χ0) is 20.8. The van der Waals surface area contributed by atoms with Gasteiger partial charge in [0.15, 0.2) is 0 Å². The average molecular weight is 414 g/mol. The molecule has 7 nitrogen and oxygen atoms in total. The molecule has 1 aromatic heterocycles. The number of non-ortho nitro benzene ring substituents is 1. The van der Waals surface area contributed by atoms with Crippen LogP contribution in [0.15, 0.2) is 52.9 Å². The summed E-state index contributed by atoms with van der Waals surface area (Å²) in [5, 5.41) is 19.0. The third-order valence-electron chi connectivity index (χ3n) is 4.07. The van der Waals surface area contributed by atoms with Gasteiger partial charge in [-0.25, -0.2) is 0 Å².